The van der Waals surface area contributed by atoms with E-state index in [1.807, 2.05) is 17.5 Å². The molecule has 0 saturated carbocycles. The van der Waals surface area contributed by atoms with Crippen LogP contribution in [0, 0.1) is 0 Å². The first kappa shape index (κ1) is 14.4. The normalized spacial score (nSPS) is 11.0. The maximum absolute atomic E-state index is 11.7. The Morgan fingerprint density at radius 1 is 1.41 bits per heavy atom. The summed E-state index contributed by atoms with van der Waals surface area (Å²) in [4.78, 5) is 14.8. The van der Waals surface area contributed by atoms with E-state index in [9.17, 15) is 4.79 Å². The summed E-state index contributed by atoms with van der Waals surface area (Å²) in [6.07, 6.45) is 2.56. The largest absolute Gasteiger partial charge is 0.395 e. The zero-order chi connectivity index (χ0) is 12.5. The molecule has 96 valence electrons. The van der Waals surface area contributed by atoms with Gasteiger partial charge in [-0.05, 0) is 37.4 Å². The van der Waals surface area contributed by atoms with Crippen LogP contribution in [0.5, 0.6) is 0 Å². The number of carbonyl (C=O) groups is 1. The molecule has 0 saturated heterocycles. The first-order valence-electron chi connectivity index (χ1n) is 6.17. The summed E-state index contributed by atoms with van der Waals surface area (Å²) in [6, 6.07) is 3.79. The third kappa shape index (κ3) is 5.44. The number of Topliss-reactive ketones (excluding diaryl/α,β-unsaturated/α-hetero) is 1. The summed E-state index contributed by atoms with van der Waals surface area (Å²) >= 11 is 1.51. The van der Waals surface area contributed by atoms with Gasteiger partial charge in [0.05, 0.1) is 11.5 Å². The second-order valence-electron chi connectivity index (χ2n) is 4.07. The van der Waals surface area contributed by atoms with Crippen LogP contribution in [-0.4, -0.2) is 42.0 Å². The first-order valence-corrected chi connectivity index (χ1v) is 7.05. The number of nitrogens with zero attached hydrogens (tertiary/aromatic N) is 1. The maximum atomic E-state index is 11.7. The van der Waals surface area contributed by atoms with Gasteiger partial charge in [-0.3, -0.25) is 4.79 Å². The van der Waals surface area contributed by atoms with E-state index >= 15 is 0 Å². The number of ketones is 1. The summed E-state index contributed by atoms with van der Waals surface area (Å²) in [5, 5.41) is 10.8. The molecular formula is C13H21NO2S. The Hall–Kier alpha value is -0.710. The molecule has 0 unspecified atom stereocenters. The molecule has 0 spiro atoms. The van der Waals surface area contributed by atoms with Crippen molar-refractivity contribution in [3.05, 3.63) is 22.4 Å². The van der Waals surface area contributed by atoms with Crippen molar-refractivity contribution in [3.8, 4) is 0 Å². The molecule has 0 atom stereocenters. The molecule has 0 amide bonds. The lowest BCUT2D eigenvalue weighted by Gasteiger charge is -2.19. The van der Waals surface area contributed by atoms with E-state index in [2.05, 4.69) is 11.8 Å². The van der Waals surface area contributed by atoms with Crippen LogP contribution in [0.15, 0.2) is 17.5 Å². The van der Waals surface area contributed by atoms with E-state index < -0.39 is 0 Å². The highest BCUT2D eigenvalue weighted by Crippen LogP contribution is 2.12. The van der Waals surface area contributed by atoms with Crippen LogP contribution in [0.2, 0.25) is 0 Å². The Morgan fingerprint density at radius 2 is 2.24 bits per heavy atom. The van der Waals surface area contributed by atoms with Crippen molar-refractivity contribution in [2.45, 2.75) is 26.2 Å². The third-order valence-electron chi connectivity index (χ3n) is 2.63. The van der Waals surface area contributed by atoms with Crippen LogP contribution in [0.25, 0.3) is 0 Å². The molecule has 0 bridgehead atoms. The highest BCUT2D eigenvalue weighted by Gasteiger charge is 2.08. The quantitative estimate of drug-likeness (QED) is 0.689. The van der Waals surface area contributed by atoms with Crippen molar-refractivity contribution < 1.29 is 9.90 Å². The SMILES string of the molecule is CCCN(CCO)CCCC(=O)c1cccs1. The molecule has 1 heterocycles. The lowest BCUT2D eigenvalue weighted by Crippen LogP contribution is -2.29. The second kappa shape index (κ2) is 8.39. The molecule has 0 fully saturated rings. The molecule has 1 N–H and O–H groups in total. The van der Waals surface area contributed by atoms with Crippen LogP contribution in [0.3, 0.4) is 0 Å². The standard InChI is InChI=1S/C13H21NO2S/c1-2-7-14(9-10-15)8-3-5-12(16)13-6-4-11-17-13/h4,6,11,15H,2-3,5,7-10H2,1H3. The maximum Gasteiger partial charge on any atom is 0.172 e. The average molecular weight is 255 g/mol. The topological polar surface area (TPSA) is 40.5 Å². The number of carbonyl (C=O) groups excluding carboxylic acids is 1. The van der Waals surface area contributed by atoms with Gasteiger partial charge in [0.15, 0.2) is 5.78 Å². The van der Waals surface area contributed by atoms with E-state index in [0.717, 1.165) is 30.8 Å². The molecule has 1 aromatic heterocycles. The minimum atomic E-state index is 0.193. The van der Waals surface area contributed by atoms with Gasteiger partial charge >= 0.3 is 0 Å². The lowest BCUT2D eigenvalue weighted by molar-refractivity contribution is 0.0977. The van der Waals surface area contributed by atoms with Crippen molar-refractivity contribution >= 4 is 17.1 Å². The number of hydrogen-bond donors (Lipinski definition) is 1. The zero-order valence-electron chi connectivity index (χ0n) is 10.4. The van der Waals surface area contributed by atoms with Gasteiger partial charge in [0.1, 0.15) is 0 Å². The number of aliphatic hydroxyl groups excluding tert-OH is 1. The second-order valence-corrected chi connectivity index (χ2v) is 5.02. The molecule has 1 rings (SSSR count). The van der Waals surface area contributed by atoms with Gasteiger partial charge in [0, 0.05) is 13.0 Å². The fourth-order valence-corrected chi connectivity index (χ4v) is 2.51. The summed E-state index contributed by atoms with van der Waals surface area (Å²) in [7, 11) is 0. The molecule has 0 aliphatic rings. The Morgan fingerprint density at radius 3 is 2.82 bits per heavy atom. The zero-order valence-corrected chi connectivity index (χ0v) is 11.2. The van der Waals surface area contributed by atoms with Crippen molar-refractivity contribution in [3.63, 3.8) is 0 Å². The van der Waals surface area contributed by atoms with Crippen molar-refractivity contribution in [1.82, 2.24) is 4.90 Å². The number of thiophene rings is 1. The van der Waals surface area contributed by atoms with Crippen molar-refractivity contribution in [1.29, 1.82) is 0 Å². The molecule has 17 heavy (non-hydrogen) atoms. The summed E-state index contributed by atoms with van der Waals surface area (Å²) < 4.78 is 0. The Labute approximate surface area is 107 Å². The van der Waals surface area contributed by atoms with E-state index in [4.69, 9.17) is 5.11 Å². The molecule has 3 nitrogen and oxygen atoms in total. The van der Waals surface area contributed by atoms with E-state index in [0.29, 0.717) is 13.0 Å². The predicted molar refractivity (Wildman–Crippen MR) is 71.7 cm³/mol. The highest BCUT2D eigenvalue weighted by molar-refractivity contribution is 7.12. The molecule has 0 aliphatic carbocycles. The molecule has 0 radical (unpaired) electrons. The Bertz CT molecular complexity index is 305. The van der Waals surface area contributed by atoms with Crippen molar-refractivity contribution in [2.75, 3.05) is 26.2 Å². The number of rotatable bonds is 9. The van der Waals surface area contributed by atoms with E-state index in [1.54, 1.807) is 0 Å². The molecule has 0 aromatic carbocycles. The summed E-state index contributed by atoms with van der Waals surface area (Å²) in [5.74, 6) is 0.237. The molecular weight excluding hydrogens is 234 g/mol. The van der Waals surface area contributed by atoms with Gasteiger partial charge in [-0.2, -0.15) is 0 Å². The summed E-state index contributed by atoms with van der Waals surface area (Å²) in [5.41, 5.74) is 0. The highest BCUT2D eigenvalue weighted by atomic mass is 32.1. The van der Waals surface area contributed by atoms with Crippen LogP contribution in [0.1, 0.15) is 35.9 Å². The van der Waals surface area contributed by atoms with Gasteiger partial charge in [-0.15, -0.1) is 11.3 Å². The fraction of sp³-hybridized carbons (Fsp3) is 0.615. The first-order chi connectivity index (χ1) is 8.27. The fourth-order valence-electron chi connectivity index (χ4n) is 1.82. The van der Waals surface area contributed by atoms with Gasteiger partial charge in [0.25, 0.3) is 0 Å². The van der Waals surface area contributed by atoms with E-state index in [1.165, 1.54) is 11.3 Å². The monoisotopic (exact) mass is 255 g/mol. The Balaban J connectivity index is 2.23. The van der Waals surface area contributed by atoms with Crippen LogP contribution in [-0.2, 0) is 0 Å². The number of hydrogen-bond acceptors (Lipinski definition) is 4. The van der Waals surface area contributed by atoms with E-state index in [-0.39, 0.29) is 12.4 Å². The van der Waals surface area contributed by atoms with Crippen LogP contribution < -0.4 is 0 Å². The van der Waals surface area contributed by atoms with Crippen molar-refractivity contribution in [2.24, 2.45) is 0 Å². The number of aliphatic hydroxyl groups is 1. The minimum Gasteiger partial charge on any atom is -0.395 e. The molecule has 0 aliphatic heterocycles. The predicted octanol–water partition coefficient (Wildman–Crippen LogP) is 2.42. The van der Waals surface area contributed by atoms with Crippen LogP contribution in [0.4, 0.5) is 0 Å². The Kier molecular flexibility index (Phi) is 7.08. The molecule has 4 heteroatoms. The molecule has 1 aromatic rings. The van der Waals surface area contributed by atoms with Gasteiger partial charge < -0.3 is 10.0 Å². The van der Waals surface area contributed by atoms with Crippen LogP contribution >= 0.6 is 11.3 Å². The summed E-state index contributed by atoms with van der Waals surface area (Å²) in [6.45, 7) is 4.92. The van der Waals surface area contributed by atoms with Gasteiger partial charge in [-0.25, -0.2) is 0 Å². The smallest absolute Gasteiger partial charge is 0.172 e. The van der Waals surface area contributed by atoms with Gasteiger partial charge in [-0.1, -0.05) is 13.0 Å². The van der Waals surface area contributed by atoms with Gasteiger partial charge in [0.2, 0.25) is 0 Å². The minimum absolute atomic E-state index is 0.193. The average Bonchev–Trinajstić information content (AvgIpc) is 2.83. The lowest BCUT2D eigenvalue weighted by atomic mass is 10.2. The third-order valence-corrected chi connectivity index (χ3v) is 3.54.